The average molecular weight is 545 g/mol. The zero-order valence-corrected chi connectivity index (χ0v) is 22.0. The summed E-state index contributed by atoms with van der Waals surface area (Å²) in [5, 5.41) is 12.0. The molecule has 0 aliphatic carbocycles. The second kappa shape index (κ2) is 12.9. The van der Waals surface area contributed by atoms with Gasteiger partial charge in [-0.3, -0.25) is 9.36 Å². The highest BCUT2D eigenvalue weighted by Gasteiger charge is 2.19. The second-order valence-electron chi connectivity index (χ2n) is 7.60. The molecule has 3 aromatic rings. The first kappa shape index (κ1) is 27.8. The molecule has 0 saturated heterocycles. The second-order valence-corrected chi connectivity index (χ2v) is 8.95. The van der Waals surface area contributed by atoms with Crippen LogP contribution in [0.25, 0.3) is 0 Å². The van der Waals surface area contributed by atoms with Crippen molar-refractivity contribution in [1.29, 1.82) is 0 Å². The molecule has 1 amide bonds. The Kier molecular flexibility index (Phi) is 9.70. The van der Waals surface area contributed by atoms with Crippen molar-refractivity contribution in [2.75, 3.05) is 25.3 Å². The Balaban J connectivity index is 1.72. The minimum absolute atomic E-state index is 0.0527. The van der Waals surface area contributed by atoms with E-state index in [-0.39, 0.29) is 29.2 Å². The summed E-state index contributed by atoms with van der Waals surface area (Å²) in [5.41, 5.74) is 1.39. The molecule has 194 valence electrons. The van der Waals surface area contributed by atoms with Crippen LogP contribution >= 0.6 is 23.4 Å². The quantitative estimate of drug-likeness (QED) is 0.214. The number of methoxy groups -OCH3 is 2. The Morgan fingerprint density at radius 2 is 1.86 bits per heavy atom. The van der Waals surface area contributed by atoms with E-state index in [1.807, 2.05) is 19.1 Å². The number of esters is 2. The number of ether oxygens (including phenoxy) is 3. The van der Waals surface area contributed by atoms with Crippen molar-refractivity contribution in [3.8, 4) is 5.75 Å². The molecule has 1 aromatic heterocycles. The molecule has 12 heteroatoms. The Hall–Kier alpha value is -3.83. The highest BCUT2D eigenvalue weighted by molar-refractivity contribution is 7.99. The number of carbonyl (C=O) groups is 3. The van der Waals surface area contributed by atoms with Crippen molar-refractivity contribution in [3.05, 3.63) is 76.6 Å². The van der Waals surface area contributed by atoms with Gasteiger partial charge in [-0.2, -0.15) is 0 Å². The normalized spacial score (nSPS) is 10.5. The van der Waals surface area contributed by atoms with Gasteiger partial charge in [0.05, 0.1) is 41.8 Å². The van der Waals surface area contributed by atoms with Crippen LogP contribution < -0.4 is 10.1 Å². The number of thioether (sulfide) groups is 1. The first-order chi connectivity index (χ1) is 17.8. The van der Waals surface area contributed by atoms with E-state index < -0.39 is 17.8 Å². The number of aryl methyl sites for hydroxylation is 1. The predicted octanol–water partition coefficient (Wildman–Crippen LogP) is 4.31. The Morgan fingerprint density at radius 1 is 1.11 bits per heavy atom. The van der Waals surface area contributed by atoms with Gasteiger partial charge in [0.2, 0.25) is 5.91 Å². The van der Waals surface area contributed by atoms with Crippen molar-refractivity contribution < 1.29 is 28.6 Å². The Bertz CT molecular complexity index is 1330. The van der Waals surface area contributed by atoms with Gasteiger partial charge in [0, 0.05) is 6.54 Å². The lowest BCUT2D eigenvalue weighted by atomic mass is 10.1. The smallest absolute Gasteiger partial charge is 0.339 e. The number of carbonyl (C=O) groups excluding carboxylic acids is 3. The highest BCUT2D eigenvalue weighted by atomic mass is 35.5. The number of hydrogen-bond donors (Lipinski definition) is 1. The van der Waals surface area contributed by atoms with E-state index in [1.165, 1.54) is 32.4 Å². The van der Waals surface area contributed by atoms with Crippen molar-refractivity contribution in [2.24, 2.45) is 0 Å². The van der Waals surface area contributed by atoms with Gasteiger partial charge in [0.1, 0.15) is 12.4 Å². The van der Waals surface area contributed by atoms with Crippen LogP contribution in [0.5, 0.6) is 5.75 Å². The van der Waals surface area contributed by atoms with Crippen LogP contribution in [0.1, 0.15) is 32.1 Å². The van der Waals surface area contributed by atoms with E-state index >= 15 is 0 Å². The van der Waals surface area contributed by atoms with Gasteiger partial charge in [0.15, 0.2) is 11.0 Å². The molecule has 0 fully saturated rings. The minimum Gasteiger partial charge on any atom is -0.484 e. The number of allylic oxidation sites excluding steroid dienone is 1. The number of amides is 1. The van der Waals surface area contributed by atoms with E-state index in [9.17, 15) is 14.4 Å². The lowest BCUT2D eigenvalue weighted by molar-refractivity contribution is -0.113. The molecule has 3 rings (SSSR count). The highest BCUT2D eigenvalue weighted by Crippen LogP contribution is 2.27. The molecule has 1 N–H and O–H groups in total. The van der Waals surface area contributed by atoms with Gasteiger partial charge >= 0.3 is 11.9 Å². The van der Waals surface area contributed by atoms with E-state index in [0.29, 0.717) is 28.3 Å². The molecular weight excluding hydrogens is 520 g/mol. The molecule has 37 heavy (non-hydrogen) atoms. The molecule has 0 bridgehead atoms. The van der Waals surface area contributed by atoms with Crippen LogP contribution in [0.4, 0.5) is 5.69 Å². The van der Waals surface area contributed by atoms with Gasteiger partial charge in [-0.25, -0.2) is 9.59 Å². The fourth-order valence-electron chi connectivity index (χ4n) is 3.21. The fourth-order valence-corrected chi connectivity index (χ4v) is 4.14. The summed E-state index contributed by atoms with van der Waals surface area (Å²) in [6.07, 6.45) is 1.68. The summed E-state index contributed by atoms with van der Waals surface area (Å²) in [5.74, 6) is -0.708. The van der Waals surface area contributed by atoms with Crippen molar-refractivity contribution in [3.63, 3.8) is 0 Å². The number of benzene rings is 2. The number of hydrogen-bond acceptors (Lipinski definition) is 9. The lowest BCUT2D eigenvalue weighted by Crippen LogP contribution is -2.18. The standard InChI is InChI=1S/C25H25ClN4O6S/c1-5-10-30-21(13-36-20-11-15(2)6-9-18(20)26)28-29-25(30)37-14-22(31)27-19-12-16(23(32)34-3)7-8-17(19)24(33)35-4/h5-9,11-12H,1,10,13-14H2,2-4H3,(H,27,31). The molecule has 2 aromatic carbocycles. The molecule has 0 radical (unpaired) electrons. The van der Waals surface area contributed by atoms with Crippen LogP contribution in [0, 0.1) is 6.92 Å². The van der Waals surface area contributed by atoms with Crippen molar-refractivity contribution in [1.82, 2.24) is 14.8 Å². The van der Waals surface area contributed by atoms with E-state index in [2.05, 4.69) is 22.1 Å². The van der Waals surface area contributed by atoms with Crippen LogP contribution in [-0.4, -0.2) is 52.6 Å². The zero-order valence-electron chi connectivity index (χ0n) is 20.4. The lowest BCUT2D eigenvalue weighted by Gasteiger charge is -2.12. The van der Waals surface area contributed by atoms with E-state index in [4.69, 9.17) is 25.8 Å². The first-order valence-corrected chi connectivity index (χ1v) is 12.3. The number of anilines is 1. The fraction of sp³-hybridized carbons (Fsp3) is 0.240. The van der Waals surface area contributed by atoms with Crippen LogP contribution in [0.3, 0.4) is 0 Å². The summed E-state index contributed by atoms with van der Waals surface area (Å²) in [6, 6.07) is 9.62. The topological polar surface area (TPSA) is 122 Å². The maximum absolute atomic E-state index is 12.7. The monoisotopic (exact) mass is 544 g/mol. The van der Waals surface area contributed by atoms with Gasteiger partial charge in [-0.15, -0.1) is 16.8 Å². The van der Waals surface area contributed by atoms with E-state index in [1.54, 1.807) is 16.7 Å². The first-order valence-electron chi connectivity index (χ1n) is 10.9. The number of halogens is 1. The molecule has 0 aliphatic rings. The van der Waals surface area contributed by atoms with Crippen LogP contribution in [0.2, 0.25) is 5.02 Å². The van der Waals surface area contributed by atoms with Crippen molar-refractivity contribution >= 4 is 46.9 Å². The number of aromatic nitrogens is 3. The molecule has 0 spiro atoms. The molecule has 0 atom stereocenters. The van der Waals surface area contributed by atoms with Crippen LogP contribution in [0.15, 0.2) is 54.2 Å². The van der Waals surface area contributed by atoms with E-state index in [0.717, 1.165) is 17.3 Å². The molecular formula is C25H25ClN4O6S. The predicted molar refractivity (Wildman–Crippen MR) is 139 cm³/mol. The summed E-state index contributed by atoms with van der Waals surface area (Å²) in [7, 11) is 2.46. The van der Waals surface area contributed by atoms with Gasteiger partial charge in [-0.05, 0) is 42.8 Å². The van der Waals surface area contributed by atoms with Gasteiger partial charge in [0.25, 0.3) is 0 Å². The third kappa shape index (κ3) is 7.11. The van der Waals surface area contributed by atoms with Gasteiger partial charge < -0.3 is 19.5 Å². The molecule has 0 saturated carbocycles. The Labute approximate surface area is 222 Å². The summed E-state index contributed by atoms with van der Waals surface area (Å²) >= 11 is 7.35. The third-order valence-electron chi connectivity index (χ3n) is 5.00. The number of nitrogens with one attached hydrogen (secondary N) is 1. The summed E-state index contributed by atoms with van der Waals surface area (Å²) in [6.45, 7) is 6.21. The largest absolute Gasteiger partial charge is 0.484 e. The SMILES string of the molecule is C=CCn1c(COc2cc(C)ccc2Cl)nnc1SCC(=O)Nc1cc(C(=O)OC)ccc1C(=O)OC. The summed E-state index contributed by atoms with van der Waals surface area (Å²) < 4.78 is 17.1. The van der Waals surface area contributed by atoms with Gasteiger partial charge in [-0.1, -0.05) is 35.5 Å². The molecule has 0 aliphatic heterocycles. The number of nitrogens with zero attached hydrogens (tertiary/aromatic N) is 3. The molecule has 10 nitrogen and oxygen atoms in total. The third-order valence-corrected chi connectivity index (χ3v) is 6.28. The van der Waals surface area contributed by atoms with Crippen LogP contribution in [-0.2, 0) is 27.4 Å². The Morgan fingerprint density at radius 3 is 2.57 bits per heavy atom. The average Bonchev–Trinajstić information content (AvgIpc) is 3.28. The molecule has 0 unspecified atom stereocenters. The number of rotatable bonds is 11. The van der Waals surface area contributed by atoms with Crippen molar-refractivity contribution in [2.45, 2.75) is 25.2 Å². The zero-order chi connectivity index (χ0) is 26.9. The maximum atomic E-state index is 12.7. The summed E-state index contributed by atoms with van der Waals surface area (Å²) in [4.78, 5) is 36.8. The minimum atomic E-state index is -0.663. The molecule has 1 heterocycles. The maximum Gasteiger partial charge on any atom is 0.339 e.